The number of allylic oxidation sites excluding steroid dienone is 2. The number of benzene rings is 2. The third kappa shape index (κ3) is 3.65. The van der Waals surface area contributed by atoms with Crippen molar-refractivity contribution < 1.29 is 9.53 Å². The number of hydrogen-bond acceptors (Lipinski definition) is 4. The van der Waals surface area contributed by atoms with Crippen molar-refractivity contribution in [3.63, 3.8) is 0 Å². The lowest BCUT2D eigenvalue weighted by Gasteiger charge is -2.30. The number of ketones is 1. The number of Topliss-reactive ketones (excluding diaryl/α,β-unsaturated/α-hetero) is 1. The summed E-state index contributed by atoms with van der Waals surface area (Å²) in [7, 11) is 0. The number of rotatable bonds is 6. The fourth-order valence-corrected chi connectivity index (χ4v) is 3.92. The highest BCUT2D eigenvalue weighted by atomic mass is 16.5. The fourth-order valence-electron chi connectivity index (χ4n) is 3.92. The summed E-state index contributed by atoms with van der Waals surface area (Å²) in [5.41, 5.74) is 4.51. The minimum Gasteiger partial charge on any atom is -0.494 e. The van der Waals surface area contributed by atoms with E-state index >= 15 is 0 Å². The molecule has 150 valence electrons. The van der Waals surface area contributed by atoms with Gasteiger partial charge in [0.05, 0.1) is 23.7 Å². The molecule has 0 saturated carbocycles. The number of nitrogens with one attached hydrogen (secondary N) is 1. The van der Waals surface area contributed by atoms with E-state index in [9.17, 15) is 4.79 Å². The van der Waals surface area contributed by atoms with Gasteiger partial charge in [0.2, 0.25) is 5.95 Å². The van der Waals surface area contributed by atoms with Gasteiger partial charge in [0.15, 0.2) is 5.78 Å². The highest BCUT2D eigenvalue weighted by Gasteiger charge is 2.32. The molecule has 1 aliphatic heterocycles. The Bertz CT molecular complexity index is 1090. The van der Waals surface area contributed by atoms with Crippen molar-refractivity contribution in [3.8, 4) is 5.75 Å². The van der Waals surface area contributed by atoms with Crippen molar-refractivity contribution in [1.82, 2.24) is 9.55 Å². The predicted molar refractivity (Wildman–Crippen MR) is 116 cm³/mol. The molecule has 1 aromatic heterocycles. The highest BCUT2D eigenvalue weighted by Crippen LogP contribution is 2.40. The van der Waals surface area contributed by atoms with Gasteiger partial charge in [0, 0.05) is 11.3 Å². The fraction of sp³-hybridized carbons (Fsp3) is 0.333. The molecule has 3 aromatic rings. The molecular weight excluding hydrogens is 362 g/mol. The first-order valence-electron chi connectivity index (χ1n) is 10.1. The molecule has 0 amide bonds. The van der Waals surface area contributed by atoms with Gasteiger partial charge in [-0.05, 0) is 56.0 Å². The van der Waals surface area contributed by atoms with Crippen LogP contribution in [0.25, 0.3) is 11.0 Å². The van der Waals surface area contributed by atoms with Crippen molar-refractivity contribution in [1.29, 1.82) is 0 Å². The largest absolute Gasteiger partial charge is 0.494 e. The molecule has 29 heavy (non-hydrogen) atoms. The summed E-state index contributed by atoms with van der Waals surface area (Å²) in [5, 5.41) is 3.32. The van der Waals surface area contributed by atoms with E-state index in [1.54, 1.807) is 6.92 Å². The molecule has 2 aromatic carbocycles. The first-order valence-corrected chi connectivity index (χ1v) is 10.1. The molecular formula is C24H27N3O2. The number of fused-ring (bicyclic) bond motifs is 3. The van der Waals surface area contributed by atoms with Crippen LogP contribution < -0.4 is 10.1 Å². The Kier molecular flexibility index (Phi) is 5.14. The Morgan fingerprint density at radius 2 is 2.00 bits per heavy atom. The number of carbonyl (C=O) groups excluding carboxylic acids is 1. The molecule has 0 bridgehead atoms. The van der Waals surface area contributed by atoms with Gasteiger partial charge in [0.25, 0.3) is 0 Å². The van der Waals surface area contributed by atoms with Gasteiger partial charge in [-0.15, -0.1) is 0 Å². The molecule has 0 spiro atoms. The van der Waals surface area contributed by atoms with Gasteiger partial charge in [-0.25, -0.2) is 4.98 Å². The topological polar surface area (TPSA) is 56.2 Å². The van der Waals surface area contributed by atoms with Gasteiger partial charge in [-0.2, -0.15) is 0 Å². The Hall–Kier alpha value is -3.08. The van der Waals surface area contributed by atoms with E-state index in [1.807, 2.05) is 49.4 Å². The van der Waals surface area contributed by atoms with Crippen LogP contribution in [0.4, 0.5) is 5.95 Å². The molecule has 5 heteroatoms. The van der Waals surface area contributed by atoms with Gasteiger partial charge in [-0.1, -0.05) is 38.1 Å². The molecule has 0 fully saturated rings. The van der Waals surface area contributed by atoms with Gasteiger partial charge in [0.1, 0.15) is 5.75 Å². The minimum atomic E-state index is -0.246. The number of hydrogen-bond donors (Lipinski definition) is 1. The molecule has 5 nitrogen and oxygen atoms in total. The Morgan fingerprint density at radius 1 is 1.21 bits per heavy atom. The zero-order valence-electron chi connectivity index (χ0n) is 17.4. The standard InChI is InChI=1S/C24H27N3O2/c1-15(2)12-13-29-19-9-7-8-18(14-19)23-22(17(4)28)16(3)25-24-26-20-10-5-6-11-21(20)27(23)24/h5-11,14-15,23H,12-13H2,1-4H3,(H,25,26). The van der Waals surface area contributed by atoms with Crippen molar-refractivity contribution in [2.75, 3.05) is 11.9 Å². The molecule has 0 radical (unpaired) electrons. The molecule has 1 N–H and O–H groups in total. The first-order chi connectivity index (χ1) is 14.0. The average molecular weight is 389 g/mol. The first kappa shape index (κ1) is 19.2. The van der Waals surface area contributed by atoms with Crippen LogP contribution in [0.1, 0.15) is 45.7 Å². The van der Waals surface area contributed by atoms with Crippen LogP contribution in [0.3, 0.4) is 0 Å². The number of carbonyl (C=O) groups is 1. The summed E-state index contributed by atoms with van der Waals surface area (Å²) < 4.78 is 8.10. The summed E-state index contributed by atoms with van der Waals surface area (Å²) in [6, 6.07) is 15.8. The summed E-state index contributed by atoms with van der Waals surface area (Å²) >= 11 is 0. The lowest BCUT2D eigenvalue weighted by atomic mass is 9.92. The zero-order chi connectivity index (χ0) is 20.5. The average Bonchev–Trinajstić information content (AvgIpc) is 3.04. The van der Waals surface area contributed by atoms with Crippen molar-refractivity contribution in [3.05, 3.63) is 65.4 Å². The van der Waals surface area contributed by atoms with E-state index < -0.39 is 0 Å². The van der Waals surface area contributed by atoms with E-state index in [-0.39, 0.29) is 11.8 Å². The minimum absolute atomic E-state index is 0.0505. The van der Waals surface area contributed by atoms with Crippen molar-refractivity contribution >= 4 is 22.8 Å². The van der Waals surface area contributed by atoms with Crippen LogP contribution in [-0.2, 0) is 4.79 Å². The maximum Gasteiger partial charge on any atom is 0.209 e. The monoisotopic (exact) mass is 389 g/mol. The molecule has 1 aliphatic rings. The lowest BCUT2D eigenvalue weighted by Crippen LogP contribution is -2.27. The van der Waals surface area contributed by atoms with Crippen LogP contribution in [0, 0.1) is 5.92 Å². The number of aromatic nitrogens is 2. The number of para-hydroxylation sites is 2. The van der Waals surface area contributed by atoms with Crippen LogP contribution in [0.2, 0.25) is 0 Å². The third-order valence-corrected chi connectivity index (χ3v) is 5.35. The van der Waals surface area contributed by atoms with Gasteiger partial charge < -0.3 is 10.1 Å². The molecule has 0 aliphatic carbocycles. The lowest BCUT2D eigenvalue weighted by molar-refractivity contribution is -0.114. The van der Waals surface area contributed by atoms with E-state index in [0.717, 1.165) is 46.0 Å². The predicted octanol–water partition coefficient (Wildman–Crippen LogP) is 5.34. The third-order valence-electron chi connectivity index (χ3n) is 5.35. The number of nitrogens with zero attached hydrogens (tertiary/aromatic N) is 2. The van der Waals surface area contributed by atoms with E-state index in [2.05, 4.69) is 29.8 Å². The second-order valence-electron chi connectivity index (χ2n) is 8.02. The molecule has 2 heterocycles. The highest BCUT2D eigenvalue weighted by molar-refractivity contribution is 5.97. The van der Waals surface area contributed by atoms with Crippen molar-refractivity contribution in [2.24, 2.45) is 5.92 Å². The summed E-state index contributed by atoms with van der Waals surface area (Å²) in [4.78, 5) is 17.4. The number of imidazole rings is 1. The smallest absolute Gasteiger partial charge is 0.209 e. The van der Waals surface area contributed by atoms with E-state index in [0.29, 0.717) is 12.5 Å². The normalized spacial score (nSPS) is 16.1. The second kappa shape index (κ2) is 7.74. The van der Waals surface area contributed by atoms with E-state index in [1.165, 1.54) is 0 Å². The molecule has 0 saturated heterocycles. The number of ether oxygens (including phenoxy) is 1. The van der Waals surface area contributed by atoms with Crippen LogP contribution in [0.5, 0.6) is 5.75 Å². The van der Waals surface area contributed by atoms with Crippen LogP contribution >= 0.6 is 0 Å². The SMILES string of the molecule is CC(=O)C1=C(C)Nc2nc3ccccc3n2C1c1cccc(OCCC(C)C)c1. The molecule has 1 unspecified atom stereocenters. The quantitative estimate of drug-likeness (QED) is 0.618. The Balaban J connectivity index is 1.82. The number of anilines is 1. The van der Waals surface area contributed by atoms with Crippen LogP contribution in [0.15, 0.2) is 59.8 Å². The summed E-state index contributed by atoms with van der Waals surface area (Å²) in [5.74, 6) is 2.23. The van der Waals surface area contributed by atoms with Gasteiger partial charge >= 0.3 is 0 Å². The molecule has 1 atom stereocenters. The second-order valence-corrected chi connectivity index (χ2v) is 8.02. The maximum atomic E-state index is 12.6. The Labute approximate surface area is 171 Å². The maximum absolute atomic E-state index is 12.6. The van der Waals surface area contributed by atoms with E-state index in [4.69, 9.17) is 9.72 Å². The van der Waals surface area contributed by atoms with Crippen LogP contribution in [-0.4, -0.2) is 21.9 Å². The zero-order valence-corrected chi connectivity index (χ0v) is 17.4. The van der Waals surface area contributed by atoms with Crippen molar-refractivity contribution in [2.45, 2.75) is 40.2 Å². The molecule has 4 rings (SSSR count). The van der Waals surface area contributed by atoms with Gasteiger partial charge in [-0.3, -0.25) is 9.36 Å². The Morgan fingerprint density at radius 3 is 2.76 bits per heavy atom. The summed E-state index contributed by atoms with van der Waals surface area (Å²) in [6.45, 7) is 8.62. The summed E-state index contributed by atoms with van der Waals surface area (Å²) in [6.07, 6.45) is 1.01.